The Labute approximate surface area is 71.2 Å². The summed E-state index contributed by atoms with van der Waals surface area (Å²) in [5.41, 5.74) is 6.43. The van der Waals surface area contributed by atoms with E-state index in [4.69, 9.17) is 10.2 Å². The van der Waals surface area contributed by atoms with Crippen LogP contribution < -0.4 is 11.1 Å². The van der Waals surface area contributed by atoms with Crippen molar-refractivity contribution < 1.29 is 4.42 Å². The largest absolute Gasteiger partial charge is 0.447 e. The maximum atomic E-state index is 5.39. The maximum Gasteiger partial charge on any atom is 0.207 e. The molecule has 1 saturated heterocycles. The molecule has 0 aliphatic carbocycles. The number of nitrogens with one attached hydrogen (secondary N) is 1. The molecule has 1 unspecified atom stereocenters. The van der Waals surface area contributed by atoms with Crippen molar-refractivity contribution in [3.8, 4) is 0 Å². The fourth-order valence-corrected chi connectivity index (χ4v) is 1.51. The number of nitrogens with two attached hydrogens (primary N) is 1. The second-order valence-electron chi connectivity index (χ2n) is 3.06. The molecule has 1 atom stereocenters. The second kappa shape index (κ2) is 3.25. The van der Waals surface area contributed by atoms with Gasteiger partial charge in [0.2, 0.25) is 5.89 Å². The van der Waals surface area contributed by atoms with Crippen LogP contribution >= 0.6 is 0 Å². The summed E-state index contributed by atoms with van der Waals surface area (Å²) in [4.78, 5) is 4.28. The average molecular weight is 167 g/mol. The zero-order chi connectivity index (χ0) is 8.39. The first-order chi connectivity index (χ1) is 5.90. The lowest BCUT2D eigenvalue weighted by atomic mass is 10.1. The molecule has 66 valence electrons. The topological polar surface area (TPSA) is 64.1 Å². The standard InChI is InChI=1S/C8H13N3O/c9-3-8-11-7(5-12-8)6-1-2-10-4-6/h5-6,10H,1-4,9H2. The predicted octanol–water partition coefficient (Wildman–Crippen LogP) is 0.210. The molecule has 2 rings (SSSR count). The molecule has 12 heavy (non-hydrogen) atoms. The van der Waals surface area contributed by atoms with Crippen LogP contribution in [0.4, 0.5) is 0 Å². The zero-order valence-electron chi connectivity index (χ0n) is 6.92. The number of aromatic nitrogens is 1. The van der Waals surface area contributed by atoms with Crippen molar-refractivity contribution >= 4 is 0 Å². The molecule has 0 saturated carbocycles. The molecule has 4 nitrogen and oxygen atoms in total. The number of hydrogen-bond donors (Lipinski definition) is 2. The van der Waals surface area contributed by atoms with E-state index in [1.165, 1.54) is 0 Å². The molecule has 0 radical (unpaired) electrons. The molecule has 2 heterocycles. The fourth-order valence-electron chi connectivity index (χ4n) is 1.51. The first-order valence-corrected chi connectivity index (χ1v) is 4.25. The van der Waals surface area contributed by atoms with E-state index < -0.39 is 0 Å². The third kappa shape index (κ3) is 1.35. The summed E-state index contributed by atoms with van der Waals surface area (Å²) < 4.78 is 5.16. The maximum absolute atomic E-state index is 5.39. The van der Waals surface area contributed by atoms with E-state index in [0.29, 0.717) is 18.4 Å². The van der Waals surface area contributed by atoms with Crippen LogP contribution in [-0.4, -0.2) is 18.1 Å². The minimum Gasteiger partial charge on any atom is -0.447 e. The van der Waals surface area contributed by atoms with Crippen molar-refractivity contribution in [2.45, 2.75) is 18.9 Å². The van der Waals surface area contributed by atoms with E-state index in [1.807, 2.05) is 0 Å². The van der Waals surface area contributed by atoms with E-state index in [-0.39, 0.29) is 0 Å². The number of nitrogens with zero attached hydrogens (tertiary/aromatic N) is 1. The average Bonchev–Trinajstić information content (AvgIpc) is 2.75. The van der Waals surface area contributed by atoms with Crippen molar-refractivity contribution in [3.05, 3.63) is 17.8 Å². The lowest BCUT2D eigenvalue weighted by molar-refractivity contribution is 0.496. The van der Waals surface area contributed by atoms with Crippen molar-refractivity contribution in [1.82, 2.24) is 10.3 Å². The third-order valence-corrected chi connectivity index (χ3v) is 2.22. The molecule has 1 aliphatic heterocycles. The molecule has 4 heteroatoms. The number of rotatable bonds is 2. The molecular weight excluding hydrogens is 154 g/mol. The van der Waals surface area contributed by atoms with Crippen LogP contribution in [0.2, 0.25) is 0 Å². The lowest BCUT2D eigenvalue weighted by Gasteiger charge is -2.00. The highest BCUT2D eigenvalue weighted by Crippen LogP contribution is 2.20. The summed E-state index contributed by atoms with van der Waals surface area (Å²) in [7, 11) is 0. The molecular formula is C8H13N3O. The van der Waals surface area contributed by atoms with Crippen LogP contribution in [0.5, 0.6) is 0 Å². The smallest absolute Gasteiger partial charge is 0.207 e. The fraction of sp³-hybridized carbons (Fsp3) is 0.625. The molecule has 0 amide bonds. The van der Waals surface area contributed by atoms with Gasteiger partial charge in [0.15, 0.2) is 0 Å². The predicted molar refractivity (Wildman–Crippen MR) is 44.6 cm³/mol. The van der Waals surface area contributed by atoms with Gasteiger partial charge in [-0.05, 0) is 13.0 Å². The normalized spacial score (nSPS) is 23.2. The Morgan fingerprint density at radius 1 is 1.75 bits per heavy atom. The van der Waals surface area contributed by atoms with Crippen molar-refractivity contribution in [2.75, 3.05) is 13.1 Å². The Morgan fingerprint density at radius 3 is 3.25 bits per heavy atom. The molecule has 1 aromatic rings. The van der Waals surface area contributed by atoms with Gasteiger partial charge in [0, 0.05) is 12.5 Å². The van der Waals surface area contributed by atoms with Crippen molar-refractivity contribution in [1.29, 1.82) is 0 Å². The number of oxazole rings is 1. The Hall–Kier alpha value is -0.870. The summed E-state index contributed by atoms with van der Waals surface area (Å²) in [6, 6.07) is 0. The SMILES string of the molecule is NCc1nc(C2CCNC2)co1. The van der Waals surface area contributed by atoms with Crippen LogP contribution in [0.1, 0.15) is 23.9 Å². The van der Waals surface area contributed by atoms with Gasteiger partial charge in [-0.15, -0.1) is 0 Å². The van der Waals surface area contributed by atoms with Crippen LogP contribution in [0.3, 0.4) is 0 Å². The van der Waals surface area contributed by atoms with Crippen LogP contribution in [-0.2, 0) is 6.54 Å². The second-order valence-corrected chi connectivity index (χ2v) is 3.06. The highest BCUT2D eigenvalue weighted by molar-refractivity contribution is 5.07. The highest BCUT2D eigenvalue weighted by Gasteiger charge is 2.19. The highest BCUT2D eigenvalue weighted by atomic mass is 16.3. The first-order valence-electron chi connectivity index (χ1n) is 4.25. The van der Waals surface area contributed by atoms with Crippen LogP contribution in [0.25, 0.3) is 0 Å². The van der Waals surface area contributed by atoms with Crippen LogP contribution in [0, 0.1) is 0 Å². The molecule has 1 aliphatic rings. The molecule has 0 bridgehead atoms. The monoisotopic (exact) mass is 167 g/mol. The van der Waals surface area contributed by atoms with Gasteiger partial charge >= 0.3 is 0 Å². The Kier molecular flexibility index (Phi) is 2.10. The molecule has 0 spiro atoms. The summed E-state index contributed by atoms with van der Waals surface area (Å²) in [6.07, 6.45) is 2.87. The van der Waals surface area contributed by atoms with Gasteiger partial charge in [-0.25, -0.2) is 4.98 Å². The van der Waals surface area contributed by atoms with Gasteiger partial charge in [0.1, 0.15) is 6.26 Å². The molecule has 1 fully saturated rings. The van der Waals surface area contributed by atoms with Gasteiger partial charge in [-0.2, -0.15) is 0 Å². The van der Waals surface area contributed by atoms with Gasteiger partial charge < -0.3 is 15.5 Å². The van der Waals surface area contributed by atoms with Crippen molar-refractivity contribution in [3.63, 3.8) is 0 Å². The Morgan fingerprint density at radius 2 is 2.67 bits per heavy atom. The van der Waals surface area contributed by atoms with E-state index in [0.717, 1.165) is 25.2 Å². The quantitative estimate of drug-likeness (QED) is 0.661. The minimum atomic E-state index is 0.389. The molecule has 1 aromatic heterocycles. The molecule has 0 aromatic carbocycles. The van der Waals surface area contributed by atoms with E-state index in [1.54, 1.807) is 6.26 Å². The van der Waals surface area contributed by atoms with E-state index >= 15 is 0 Å². The van der Waals surface area contributed by atoms with Gasteiger partial charge in [0.25, 0.3) is 0 Å². The van der Waals surface area contributed by atoms with Gasteiger partial charge in [0.05, 0.1) is 12.2 Å². The van der Waals surface area contributed by atoms with Gasteiger partial charge in [-0.3, -0.25) is 0 Å². The summed E-state index contributed by atoms with van der Waals surface area (Å²) in [5, 5.41) is 3.29. The van der Waals surface area contributed by atoms with Crippen LogP contribution in [0.15, 0.2) is 10.7 Å². The summed E-state index contributed by atoms with van der Waals surface area (Å²) >= 11 is 0. The Balaban J connectivity index is 2.11. The number of hydrogen-bond acceptors (Lipinski definition) is 4. The van der Waals surface area contributed by atoms with Crippen molar-refractivity contribution in [2.24, 2.45) is 5.73 Å². The lowest BCUT2D eigenvalue weighted by Crippen LogP contribution is -2.08. The van der Waals surface area contributed by atoms with E-state index in [9.17, 15) is 0 Å². The zero-order valence-corrected chi connectivity index (χ0v) is 6.92. The van der Waals surface area contributed by atoms with Gasteiger partial charge in [-0.1, -0.05) is 0 Å². The molecule has 3 N–H and O–H groups in total. The minimum absolute atomic E-state index is 0.389. The summed E-state index contributed by atoms with van der Waals surface area (Å²) in [5.74, 6) is 1.16. The Bertz CT molecular complexity index is 253. The third-order valence-electron chi connectivity index (χ3n) is 2.22. The summed E-state index contributed by atoms with van der Waals surface area (Å²) in [6.45, 7) is 2.48. The first kappa shape index (κ1) is 7.76. The van der Waals surface area contributed by atoms with E-state index in [2.05, 4.69) is 10.3 Å².